The van der Waals surface area contributed by atoms with Crippen LogP contribution >= 0.6 is 0 Å². The number of aryl methyl sites for hydroxylation is 2. The molecule has 2 N–H and O–H groups in total. The van der Waals surface area contributed by atoms with E-state index in [2.05, 4.69) is 25.8 Å². The van der Waals surface area contributed by atoms with Crippen molar-refractivity contribution < 1.29 is 18.5 Å². The molecular weight excluding hydrogens is 451 g/mol. The Balaban J connectivity index is 1.44. The molecule has 10 heteroatoms. The van der Waals surface area contributed by atoms with Crippen molar-refractivity contribution in [3.05, 3.63) is 65.6 Å². The van der Waals surface area contributed by atoms with Crippen molar-refractivity contribution >= 4 is 11.8 Å². The van der Waals surface area contributed by atoms with E-state index in [1.54, 1.807) is 24.5 Å². The average Bonchev–Trinajstić information content (AvgIpc) is 3.41. The number of carbonyl (C=O) groups is 2. The molecule has 0 aliphatic heterocycles. The minimum absolute atomic E-state index is 0.122. The number of rotatable bonds is 8. The Kier molecular flexibility index (Phi) is 7.57. The van der Waals surface area contributed by atoms with Gasteiger partial charge in [0.2, 0.25) is 17.7 Å². The van der Waals surface area contributed by atoms with Crippen LogP contribution in [0.2, 0.25) is 0 Å². The number of hydrogen-bond acceptors (Lipinski definition) is 6. The highest BCUT2D eigenvalue weighted by atomic mass is 19.1. The lowest BCUT2D eigenvalue weighted by atomic mass is 9.89. The summed E-state index contributed by atoms with van der Waals surface area (Å²) in [5.41, 5.74) is 0.0952. The summed E-state index contributed by atoms with van der Waals surface area (Å²) in [6, 6.07) is 5.45. The number of carbonyl (C=O) groups excluding carboxylic acids is 2. The fourth-order valence-corrected chi connectivity index (χ4v) is 4.69. The maximum Gasteiger partial charge on any atom is 0.227 e. The van der Waals surface area contributed by atoms with Gasteiger partial charge in [0, 0.05) is 39.2 Å². The smallest absolute Gasteiger partial charge is 0.227 e. The molecule has 1 aliphatic carbocycles. The van der Waals surface area contributed by atoms with E-state index in [4.69, 9.17) is 4.52 Å². The number of aromatic nitrogens is 4. The van der Waals surface area contributed by atoms with Crippen molar-refractivity contribution in [2.75, 3.05) is 0 Å². The van der Waals surface area contributed by atoms with Crippen molar-refractivity contribution in [2.24, 2.45) is 7.05 Å². The number of halogens is 1. The zero-order valence-corrected chi connectivity index (χ0v) is 20.1. The van der Waals surface area contributed by atoms with Crippen LogP contribution in [0.4, 0.5) is 4.39 Å². The molecule has 35 heavy (non-hydrogen) atoms. The predicted molar refractivity (Wildman–Crippen MR) is 125 cm³/mol. The quantitative estimate of drug-likeness (QED) is 0.475. The molecule has 186 valence electrons. The van der Waals surface area contributed by atoms with E-state index >= 15 is 0 Å². The molecular formula is C25H31FN6O3. The molecule has 1 aromatic carbocycles. The molecule has 1 unspecified atom stereocenters. The van der Waals surface area contributed by atoms with Gasteiger partial charge in [0.15, 0.2) is 5.82 Å². The van der Waals surface area contributed by atoms with E-state index < -0.39 is 11.6 Å². The van der Waals surface area contributed by atoms with Gasteiger partial charge in [-0.2, -0.15) is 4.98 Å². The third-order valence-electron chi connectivity index (χ3n) is 6.46. The number of nitrogens with zero attached hydrogens (tertiary/aromatic N) is 4. The number of nitrogens with one attached hydrogen (secondary N) is 2. The first kappa shape index (κ1) is 24.6. The summed E-state index contributed by atoms with van der Waals surface area (Å²) in [7, 11) is 1.84. The summed E-state index contributed by atoms with van der Waals surface area (Å²) in [6.45, 7) is 1.50. The van der Waals surface area contributed by atoms with Crippen molar-refractivity contribution in [2.45, 2.75) is 69.9 Å². The fourth-order valence-electron chi connectivity index (χ4n) is 4.69. The van der Waals surface area contributed by atoms with Crippen LogP contribution in [0.1, 0.15) is 81.0 Å². The van der Waals surface area contributed by atoms with Crippen LogP contribution in [0.25, 0.3) is 0 Å². The molecule has 1 fully saturated rings. The minimum Gasteiger partial charge on any atom is -0.343 e. The second-order valence-corrected chi connectivity index (χ2v) is 9.14. The summed E-state index contributed by atoms with van der Waals surface area (Å²) in [5, 5.41) is 10.2. The first-order valence-electron chi connectivity index (χ1n) is 12.0. The summed E-state index contributed by atoms with van der Waals surface area (Å²) in [6.07, 6.45) is 9.50. The van der Waals surface area contributed by atoms with E-state index in [1.807, 2.05) is 11.6 Å². The standard InChI is InChI=1S/C25H31FN6O3/c1-17(33)30-25(13-5-3-4-6-14-25)24-29-21(35-31-24)12-11-20(34)28-22(23-27-15-16-32(23)2)18-7-9-19(26)10-8-18/h7-10,15-16,22H,3-6,11-14H2,1-2H3,(H,28,34)(H,30,33). The lowest BCUT2D eigenvalue weighted by Crippen LogP contribution is -2.45. The monoisotopic (exact) mass is 482 g/mol. The number of imidazole rings is 1. The molecule has 1 aliphatic rings. The van der Waals surface area contributed by atoms with Gasteiger partial charge in [-0.3, -0.25) is 9.59 Å². The van der Waals surface area contributed by atoms with Crippen molar-refractivity contribution in [3.63, 3.8) is 0 Å². The molecule has 3 aromatic rings. The van der Waals surface area contributed by atoms with Crippen molar-refractivity contribution in [1.29, 1.82) is 0 Å². The van der Waals surface area contributed by atoms with E-state index in [0.717, 1.165) is 44.1 Å². The van der Waals surface area contributed by atoms with Crippen LogP contribution in [-0.4, -0.2) is 31.5 Å². The first-order valence-corrected chi connectivity index (χ1v) is 12.0. The molecule has 0 saturated heterocycles. The molecule has 2 heterocycles. The molecule has 9 nitrogen and oxygen atoms in total. The Morgan fingerprint density at radius 1 is 1.17 bits per heavy atom. The van der Waals surface area contributed by atoms with Gasteiger partial charge in [-0.1, -0.05) is 43.0 Å². The largest absolute Gasteiger partial charge is 0.343 e. The van der Waals surface area contributed by atoms with Gasteiger partial charge in [0.25, 0.3) is 0 Å². The normalized spacial score (nSPS) is 16.3. The number of benzene rings is 1. The lowest BCUT2D eigenvalue weighted by Gasteiger charge is -2.30. The van der Waals surface area contributed by atoms with Gasteiger partial charge in [-0.25, -0.2) is 9.37 Å². The minimum atomic E-state index is -0.627. The topological polar surface area (TPSA) is 115 Å². The number of hydrogen-bond donors (Lipinski definition) is 2. The van der Waals surface area contributed by atoms with Gasteiger partial charge < -0.3 is 19.7 Å². The average molecular weight is 483 g/mol. The Hall–Kier alpha value is -3.56. The lowest BCUT2D eigenvalue weighted by molar-refractivity contribution is -0.122. The van der Waals surface area contributed by atoms with E-state index in [-0.39, 0.29) is 30.5 Å². The Bertz CT molecular complexity index is 1150. The predicted octanol–water partition coefficient (Wildman–Crippen LogP) is 3.47. The van der Waals surface area contributed by atoms with Crippen molar-refractivity contribution in [3.8, 4) is 0 Å². The zero-order chi connectivity index (χ0) is 24.8. The van der Waals surface area contributed by atoms with Crippen LogP contribution < -0.4 is 10.6 Å². The van der Waals surface area contributed by atoms with Gasteiger partial charge >= 0.3 is 0 Å². The zero-order valence-electron chi connectivity index (χ0n) is 20.1. The van der Waals surface area contributed by atoms with Crippen LogP contribution in [0, 0.1) is 5.82 Å². The first-order chi connectivity index (χ1) is 16.9. The third kappa shape index (κ3) is 5.93. The van der Waals surface area contributed by atoms with Gasteiger partial charge in [-0.15, -0.1) is 0 Å². The molecule has 2 aromatic heterocycles. The van der Waals surface area contributed by atoms with Gasteiger partial charge in [0.1, 0.15) is 23.2 Å². The SMILES string of the molecule is CC(=O)NC1(c2noc(CCC(=O)NC(c3ccc(F)cc3)c3nccn3C)n2)CCCCCC1. The maximum atomic E-state index is 13.4. The molecule has 4 rings (SSSR count). The van der Waals surface area contributed by atoms with E-state index in [1.165, 1.54) is 19.1 Å². The Morgan fingerprint density at radius 2 is 1.89 bits per heavy atom. The highest BCUT2D eigenvalue weighted by Crippen LogP contribution is 2.34. The molecule has 1 atom stereocenters. The third-order valence-corrected chi connectivity index (χ3v) is 6.46. The van der Waals surface area contributed by atoms with Crippen molar-refractivity contribution in [1.82, 2.24) is 30.3 Å². The van der Waals surface area contributed by atoms with Crippen LogP contribution in [0.5, 0.6) is 0 Å². The van der Waals surface area contributed by atoms with Crippen LogP contribution in [0.3, 0.4) is 0 Å². The van der Waals surface area contributed by atoms with Gasteiger partial charge in [0.05, 0.1) is 0 Å². The second kappa shape index (κ2) is 10.8. The van der Waals surface area contributed by atoms with Crippen LogP contribution in [-0.2, 0) is 28.6 Å². The second-order valence-electron chi connectivity index (χ2n) is 9.14. The Labute approximate surface area is 203 Å². The molecule has 1 saturated carbocycles. The summed E-state index contributed by atoms with van der Waals surface area (Å²) in [4.78, 5) is 33.7. The number of amides is 2. The summed E-state index contributed by atoms with van der Waals surface area (Å²) >= 11 is 0. The molecule has 0 spiro atoms. The molecule has 0 radical (unpaired) electrons. The molecule has 2 amide bonds. The summed E-state index contributed by atoms with van der Waals surface area (Å²) in [5.74, 6) is 0.751. The highest BCUT2D eigenvalue weighted by Gasteiger charge is 2.38. The van der Waals surface area contributed by atoms with Gasteiger partial charge in [-0.05, 0) is 30.5 Å². The van der Waals surface area contributed by atoms with Crippen LogP contribution in [0.15, 0.2) is 41.2 Å². The van der Waals surface area contributed by atoms with E-state index in [9.17, 15) is 14.0 Å². The summed E-state index contributed by atoms with van der Waals surface area (Å²) < 4.78 is 20.7. The maximum absolute atomic E-state index is 13.4. The van der Waals surface area contributed by atoms with E-state index in [0.29, 0.717) is 17.5 Å². The molecule has 0 bridgehead atoms. The fraction of sp³-hybridized carbons (Fsp3) is 0.480. The highest BCUT2D eigenvalue weighted by molar-refractivity contribution is 5.77. The Morgan fingerprint density at radius 3 is 2.51 bits per heavy atom.